The predicted octanol–water partition coefficient (Wildman–Crippen LogP) is 1.76. The summed E-state index contributed by atoms with van der Waals surface area (Å²) in [5.74, 6) is 0.577. The maximum absolute atomic E-state index is 10.6. The van der Waals surface area contributed by atoms with Crippen molar-refractivity contribution >= 4 is 11.8 Å². The Morgan fingerprint density at radius 3 is 2.69 bits per heavy atom. The number of carboxylic acids is 1. The Balaban J connectivity index is 2.73. The second kappa shape index (κ2) is 5.44. The molecule has 16 heavy (non-hydrogen) atoms. The summed E-state index contributed by atoms with van der Waals surface area (Å²) in [4.78, 5) is 19.0. The minimum absolute atomic E-state index is 0.0915. The first kappa shape index (κ1) is 12.4. The SMILES string of the molecule is CCC(CC(=O)O)Nc1cc(C)nc(C)n1. The van der Waals surface area contributed by atoms with Crippen molar-refractivity contribution in [1.82, 2.24) is 9.97 Å². The van der Waals surface area contributed by atoms with E-state index in [4.69, 9.17) is 5.11 Å². The number of carboxylic acid groups (broad SMARTS) is 1. The topological polar surface area (TPSA) is 75.1 Å². The first-order valence-electron chi connectivity index (χ1n) is 5.32. The van der Waals surface area contributed by atoms with E-state index in [1.807, 2.05) is 26.8 Å². The van der Waals surface area contributed by atoms with Crippen LogP contribution in [0.5, 0.6) is 0 Å². The smallest absolute Gasteiger partial charge is 0.305 e. The molecule has 0 aliphatic rings. The molecule has 1 atom stereocenters. The van der Waals surface area contributed by atoms with Gasteiger partial charge in [-0.2, -0.15) is 0 Å². The molecule has 0 amide bonds. The van der Waals surface area contributed by atoms with Gasteiger partial charge in [0, 0.05) is 17.8 Å². The Bertz CT molecular complexity index is 359. The van der Waals surface area contributed by atoms with E-state index in [0.29, 0.717) is 11.6 Å². The van der Waals surface area contributed by atoms with Crippen LogP contribution in [0.4, 0.5) is 5.82 Å². The summed E-state index contributed by atoms with van der Waals surface area (Å²) in [6.45, 7) is 5.65. The first-order chi connectivity index (χ1) is 7.51. The molecule has 88 valence electrons. The van der Waals surface area contributed by atoms with Gasteiger partial charge in [-0.15, -0.1) is 0 Å². The van der Waals surface area contributed by atoms with Crippen molar-refractivity contribution in [3.8, 4) is 0 Å². The molecule has 5 nitrogen and oxygen atoms in total. The monoisotopic (exact) mass is 223 g/mol. The van der Waals surface area contributed by atoms with Crippen molar-refractivity contribution in [3.63, 3.8) is 0 Å². The van der Waals surface area contributed by atoms with Crippen LogP contribution < -0.4 is 5.32 Å². The van der Waals surface area contributed by atoms with E-state index in [1.165, 1.54) is 0 Å². The van der Waals surface area contributed by atoms with Crippen molar-refractivity contribution in [1.29, 1.82) is 0 Å². The molecular formula is C11H17N3O2. The molecule has 1 rings (SSSR count). The fourth-order valence-electron chi connectivity index (χ4n) is 1.51. The molecule has 0 saturated heterocycles. The fraction of sp³-hybridized carbons (Fsp3) is 0.545. The molecule has 0 saturated carbocycles. The second-order valence-electron chi connectivity index (χ2n) is 3.79. The third-order valence-corrected chi connectivity index (χ3v) is 2.23. The van der Waals surface area contributed by atoms with Crippen LogP contribution in [0.2, 0.25) is 0 Å². The van der Waals surface area contributed by atoms with E-state index >= 15 is 0 Å². The highest BCUT2D eigenvalue weighted by Crippen LogP contribution is 2.10. The molecule has 0 spiro atoms. The summed E-state index contributed by atoms with van der Waals surface area (Å²) in [6.07, 6.45) is 0.840. The van der Waals surface area contributed by atoms with Gasteiger partial charge in [0.25, 0.3) is 0 Å². The molecule has 1 aromatic heterocycles. The molecule has 5 heteroatoms. The molecular weight excluding hydrogens is 206 g/mol. The van der Waals surface area contributed by atoms with E-state index in [0.717, 1.165) is 12.1 Å². The molecule has 1 aromatic rings. The zero-order valence-corrected chi connectivity index (χ0v) is 9.82. The lowest BCUT2D eigenvalue weighted by molar-refractivity contribution is -0.137. The van der Waals surface area contributed by atoms with Crippen LogP contribution in [-0.2, 0) is 4.79 Å². The number of nitrogens with zero attached hydrogens (tertiary/aromatic N) is 2. The van der Waals surface area contributed by atoms with Gasteiger partial charge in [0.1, 0.15) is 11.6 Å². The minimum Gasteiger partial charge on any atom is -0.481 e. The van der Waals surface area contributed by atoms with Crippen LogP contribution in [0.1, 0.15) is 31.3 Å². The van der Waals surface area contributed by atoms with E-state index < -0.39 is 5.97 Å². The van der Waals surface area contributed by atoms with Crippen LogP contribution in [0.25, 0.3) is 0 Å². The number of nitrogens with one attached hydrogen (secondary N) is 1. The third kappa shape index (κ3) is 3.84. The third-order valence-electron chi connectivity index (χ3n) is 2.23. The number of hydrogen-bond acceptors (Lipinski definition) is 4. The summed E-state index contributed by atoms with van der Waals surface area (Å²) in [5.41, 5.74) is 0.875. The number of anilines is 1. The Morgan fingerprint density at radius 1 is 1.50 bits per heavy atom. The largest absolute Gasteiger partial charge is 0.481 e. The summed E-state index contributed by atoms with van der Waals surface area (Å²) in [7, 11) is 0. The first-order valence-corrected chi connectivity index (χ1v) is 5.32. The van der Waals surface area contributed by atoms with Crippen molar-refractivity contribution < 1.29 is 9.90 Å². The lowest BCUT2D eigenvalue weighted by atomic mass is 10.1. The van der Waals surface area contributed by atoms with Crippen LogP contribution in [0.15, 0.2) is 6.07 Å². The van der Waals surface area contributed by atoms with Gasteiger partial charge in [-0.05, 0) is 20.3 Å². The highest BCUT2D eigenvalue weighted by Gasteiger charge is 2.11. The lowest BCUT2D eigenvalue weighted by Gasteiger charge is -2.15. The molecule has 0 bridgehead atoms. The van der Waals surface area contributed by atoms with Gasteiger partial charge in [-0.1, -0.05) is 6.92 Å². The number of hydrogen-bond donors (Lipinski definition) is 2. The number of rotatable bonds is 5. The zero-order chi connectivity index (χ0) is 12.1. The van der Waals surface area contributed by atoms with E-state index in [2.05, 4.69) is 15.3 Å². The Kier molecular flexibility index (Phi) is 4.22. The summed E-state index contributed by atoms with van der Waals surface area (Å²) in [5, 5.41) is 11.8. The Hall–Kier alpha value is -1.65. The average Bonchev–Trinajstić information content (AvgIpc) is 2.14. The molecule has 2 N–H and O–H groups in total. The molecule has 1 unspecified atom stereocenters. The van der Waals surface area contributed by atoms with Crippen LogP contribution in [-0.4, -0.2) is 27.1 Å². The van der Waals surface area contributed by atoms with Crippen LogP contribution >= 0.6 is 0 Å². The van der Waals surface area contributed by atoms with Gasteiger partial charge in [-0.3, -0.25) is 4.79 Å². The zero-order valence-electron chi connectivity index (χ0n) is 9.82. The van der Waals surface area contributed by atoms with Gasteiger partial charge in [0.05, 0.1) is 6.42 Å². The van der Waals surface area contributed by atoms with Crippen molar-refractivity contribution in [2.45, 2.75) is 39.7 Å². The molecule has 0 fully saturated rings. The highest BCUT2D eigenvalue weighted by molar-refractivity contribution is 5.68. The summed E-state index contributed by atoms with van der Waals surface area (Å²) in [6, 6.07) is 1.73. The van der Waals surface area contributed by atoms with E-state index in [-0.39, 0.29) is 12.5 Å². The Morgan fingerprint density at radius 2 is 2.19 bits per heavy atom. The van der Waals surface area contributed by atoms with Crippen molar-refractivity contribution in [3.05, 3.63) is 17.6 Å². The molecule has 0 aliphatic heterocycles. The van der Waals surface area contributed by atoms with Gasteiger partial charge in [-0.25, -0.2) is 9.97 Å². The van der Waals surface area contributed by atoms with Crippen LogP contribution in [0.3, 0.4) is 0 Å². The standard InChI is InChI=1S/C11H17N3O2/c1-4-9(6-11(15)16)14-10-5-7(2)12-8(3)13-10/h5,9H,4,6H2,1-3H3,(H,15,16)(H,12,13,14). The van der Waals surface area contributed by atoms with Gasteiger partial charge >= 0.3 is 5.97 Å². The molecule has 0 radical (unpaired) electrons. The van der Waals surface area contributed by atoms with Gasteiger partial charge < -0.3 is 10.4 Å². The highest BCUT2D eigenvalue weighted by atomic mass is 16.4. The predicted molar refractivity (Wildman–Crippen MR) is 61.5 cm³/mol. The molecule has 1 heterocycles. The van der Waals surface area contributed by atoms with E-state index in [9.17, 15) is 4.79 Å². The van der Waals surface area contributed by atoms with E-state index in [1.54, 1.807) is 0 Å². The maximum atomic E-state index is 10.6. The normalized spacial score (nSPS) is 12.2. The summed E-state index contributed by atoms with van der Waals surface area (Å²) < 4.78 is 0. The lowest BCUT2D eigenvalue weighted by Crippen LogP contribution is -2.23. The van der Waals surface area contributed by atoms with Gasteiger partial charge in [0.15, 0.2) is 0 Å². The number of aromatic nitrogens is 2. The molecule has 0 aliphatic carbocycles. The number of aliphatic carboxylic acids is 1. The number of aryl methyl sites for hydroxylation is 2. The number of carbonyl (C=O) groups is 1. The average molecular weight is 223 g/mol. The van der Waals surface area contributed by atoms with Crippen LogP contribution in [0, 0.1) is 13.8 Å². The fourth-order valence-corrected chi connectivity index (χ4v) is 1.51. The van der Waals surface area contributed by atoms with Crippen molar-refractivity contribution in [2.24, 2.45) is 0 Å². The second-order valence-corrected chi connectivity index (χ2v) is 3.79. The molecule has 0 aromatic carbocycles. The van der Waals surface area contributed by atoms with Gasteiger partial charge in [0.2, 0.25) is 0 Å². The quantitative estimate of drug-likeness (QED) is 0.795. The summed E-state index contributed by atoms with van der Waals surface area (Å²) >= 11 is 0. The maximum Gasteiger partial charge on any atom is 0.305 e. The minimum atomic E-state index is -0.804. The van der Waals surface area contributed by atoms with Crippen molar-refractivity contribution in [2.75, 3.05) is 5.32 Å². The Labute approximate surface area is 94.9 Å².